The van der Waals surface area contributed by atoms with Gasteiger partial charge in [-0.15, -0.1) is 0 Å². The Hall–Kier alpha value is -1.01. The first-order chi connectivity index (χ1) is 6.68. The minimum Gasteiger partial charge on any atom is -0.476 e. The van der Waals surface area contributed by atoms with Crippen LogP contribution >= 0.6 is 11.5 Å². The van der Waals surface area contributed by atoms with Crippen molar-refractivity contribution >= 4 is 17.5 Å². The fourth-order valence-electron chi connectivity index (χ4n) is 1.69. The lowest BCUT2D eigenvalue weighted by Gasteiger charge is -2.15. The minimum absolute atomic E-state index is 0.0836. The molecule has 0 aromatic carbocycles. The fourth-order valence-corrected chi connectivity index (χ4v) is 2.25. The van der Waals surface area contributed by atoms with E-state index in [9.17, 15) is 4.79 Å². The Kier molecular flexibility index (Phi) is 2.47. The summed E-state index contributed by atoms with van der Waals surface area (Å²) in [6, 6.07) is 0.208. The zero-order chi connectivity index (χ0) is 10.1. The van der Waals surface area contributed by atoms with E-state index in [1.54, 1.807) is 0 Å². The number of nitrogens with zero attached hydrogens (tertiary/aromatic N) is 3. The van der Waals surface area contributed by atoms with E-state index in [1.807, 2.05) is 7.05 Å². The predicted octanol–water partition coefficient (Wildman–Crippen LogP) is 1.00. The monoisotopic (exact) mass is 213 g/mol. The number of carbonyl (C=O) groups is 1. The van der Waals surface area contributed by atoms with Gasteiger partial charge in [0.2, 0.25) is 5.01 Å². The van der Waals surface area contributed by atoms with Crippen molar-refractivity contribution in [1.82, 2.24) is 14.3 Å². The first kappa shape index (κ1) is 9.54. The Morgan fingerprint density at radius 3 is 3.00 bits per heavy atom. The number of hydrogen-bond donors (Lipinski definition) is 1. The van der Waals surface area contributed by atoms with E-state index in [1.165, 1.54) is 0 Å². The van der Waals surface area contributed by atoms with Crippen molar-refractivity contribution in [3.05, 3.63) is 10.8 Å². The summed E-state index contributed by atoms with van der Waals surface area (Å²) >= 11 is 0.959. The minimum atomic E-state index is -0.991. The maximum absolute atomic E-state index is 10.6. The number of likely N-dealkylation sites (tertiary alicyclic amines) is 1. The number of rotatable bonds is 2. The van der Waals surface area contributed by atoms with Crippen molar-refractivity contribution < 1.29 is 9.90 Å². The molecule has 1 atom stereocenters. The zero-order valence-corrected chi connectivity index (χ0v) is 8.62. The number of hydrogen-bond acceptors (Lipinski definition) is 5. The van der Waals surface area contributed by atoms with Crippen LogP contribution in [-0.4, -0.2) is 38.9 Å². The highest BCUT2D eigenvalue weighted by atomic mass is 32.1. The van der Waals surface area contributed by atoms with E-state index in [0.717, 1.165) is 30.9 Å². The van der Waals surface area contributed by atoms with Crippen molar-refractivity contribution in [3.63, 3.8) is 0 Å². The number of carboxylic acid groups (broad SMARTS) is 1. The van der Waals surface area contributed by atoms with Crippen LogP contribution in [0.3, 0.4) is 0 Å². The van der Waals surface area contributed by atoms with Crippen molar-refractivity contribution in [3.8, 4) is 0 Å². The Morgan fingerprint density at radius 1 is 1.71 bits per heavy atom. The molecule has 1 aromatic rings. The molecule has 1 aromatic heterocycles. The molecule has 6 heteroatoms. The molecule has 5 nitrogen and oxygen atoms in total. The second kappa shape index (κ2) is 3.62. The first-order valence-electron chi connectivity index (χ1n) is 4.45. The molecule has 1 saturated heterocycles. The van der Waals surface area contributed by atoms with E-state index in [-0.39, 0.29) is 11.0 Å². The molecule has 0 amide bonds. The quantitative estimate of drug-likeness (QED) is 0.794. The van der Waals surface area contributed by atoms with E-state index in [0.29, 0.717) is 5.82 Å². The van der Waals surface area contributed by atoms with Gasteiger partial charge >= 0.3 is 5.97 Å². The molecule has 0 radical (unpaired) electrons. The average molecular weight is 213 g/mol. The highest BCUT2D eigenvalue weighted by Crippen LogP contribution is 2.28. The molecule has 0 spiro atoms. The molecule has 2 heterocycles. The van der Waals surface area contributed by atoms with Crippen LogP contribution in [0.25, 0.3) is 0 Å². The van der Waals surface area contributed by atoms with Gasteiger partial charge in [-0.3, -0.25) is 4.90 Å². The van der Waals surface area contributed by atoms with Crippen LogP contribution in [0, 0.1) is 0 Å². The van der Waals surface area contributed by atoms with Crippen molar-refractivity contribution in [2.24, 2.45) is 0 Å². The molecule has 0 saturated carbocycles. The van der Waals surface area contributed by atoms with Gasteiger partial charge in [-0.2, -0.15) is 4.37 Å². The summed E-state index contributed by atoms with van der Waals surface area (Å²) in [5, 5.41) is 8.78. The summed E-state index contributed by atoms with van der Waals surface area (Å²) in [6.45, 7) is 1.03. The smallest absolute Gasteiger partial charge is 0.366 e. The maximum Gasteiger partial charge on any atom is 0.366 e. The zero-order valence-electron chi connectivity index (χ0n) is 7.80. The standard InChI is InChI=1S/C8H11N3O2S/c1-11-4-2-3-5(11)6-9-7(8(12)13)14-10-6/h5H,2-4H2,1H3,(H,12,13). The predicted molar refractivity (Wildman–Crippen MR) is 51.5 cm³/mol. The molecule has 0 bridgehead atoms. The number of carboxylic acids is 1. The van der Waals surface area contributed by atoms with Crippen molar-refractivity contribution in [2.45, 2.75) is 18.9 Å². The molecular weight excluding hydrogens is 202 g/mol. The summed E-state index contributed by atoms with van der Waals surface area (Å²) in [6.07, 6.45) is 2.15. The summed E-state index contributed by atoms with van der Waals surface area (Å²) in [4.78, 5) is 16.8. The second-order valence-corrected chi connectivity index (χ2v) is 4.15. The van der Waals surface area contributed by atoms with Crippen LogP contribution in [0.2, 0.25) is 0 Å². The number of aromatic nitrogens is 2. The Balaban J connectivity index is 2.20. The van der Waals surface area contributed by atoms with Gasteiger partial charge in [-0.05, 0) is 38.0 Å². The van der Waals surface area contributed by atoms with Crippen LogP contribution in [0.1, 0.15) is 34.5 Å². The molecule has 1 N–H and O–H groups in total. The molecule has 1 aliphatic rings. The lowest BCUT2D eigenvalue weighted by molar-refractivity contribution is 0.0696. The van der Waals surface area contributed by atoms with Crippen LogP contribution < -0.4 is 0 Å². The average Bonchev–Trinajstić information content (AvgIpc) is 2.71. The van der Waals surface area contributed by atoms with Crippen LogP contribution in [0.4, 0.5) is 0 Å². The topological polar surface area (TPSA) is 66.3 Å². The lowest BCUT2D eigenvalue weighted by Crippen LogP contribution is -2.18. The first-order valence-corrected chi connectivity index (χ1v) is 5.23. The van der Waals surface area contributed by atoms with Gasteiger partial charge in [-0.25, -0.2) is 9.78 Å². The van der Waals surface area contributed by atoms with E-state index >= 15 is 0 Å². The third-order valence-electron chi connectivity index (χ3n) is 2.44. The van der Waals surface area contributed by atoms with Gasteiger partial charge in [0.25, 0.3) is 0 Å². The molecule has 14 heavy (non-hydrogen) atoms. The maximum atomic E-state index is 10.6. The highest BCUT2D eigenvalue weighted by Gasteiger charge is 2.26. The van der Waals surface area contributed by atoms with Gasteiger partial charge in [0.15, 0.2) is 5.82 Å². The van der Waals surface area contributed by atoms with Crippen LogP contribution in [0.15, 0.2) is 0 Å². The Labute approximate surface area is 85.6 Å². The molecule has 1 fully saturated rings. The van der Waals surface area contributed by atoms with E-state index in [2.05, 4.69) is 14.3 Å². The van der Waals surface area contributed by atoms with Crippen LogP contribution in [0.5, 0.6) is 0 Å². The fraction of sp³-hybridized carbons (Fsp3) is 0.625. The van der Waals surface area contributed by atoms with Gasteiger partial charge in [0.05, 0.1) is 6.04 Å². The second-order valence-electron chi connectivity index (χ2n) is 3.40. The molecule has 1 unspecified atom stereocenters. The highest BCUT2D eigenvalue weighted by molar-refractivity contribution is 7.07. The van der Waals surface area contributed by atoms with Gasteiger partial charge in [0, 0.05) is 0 Å². The van der Waals surface area contributed by atoms with Gasteiger partial charge in [-0.1, -0.05) is 0 Å². The van der Waals surface area contributed by atoms with Crippen molar-refractivity contribution in [2.75, 3.05) is 13.6 Å². The SMILES string of the molecule is CN1CCCC1c1nsc(C(=O)O)n1. The summed E-state index contributed by atoms with van der Waals surface area (Å²) in [7, 11) is 2.01. The molecule has 76 valence electrons. The summed E-state index contributed by atoms with van der Waals surface area (Å²) in [5.41, 5.74) is 0. The van der Waals surface area contributed by atoms with Gasteiger partial charge in [0.1, 0.15) is 0 Å². The third-order valence-corrected chi connectivity index (χ3v) is 3.16. The van der Waals surface area contributed by atoms with Gasteiger partial charge < -0.3 is 5.11 Å². The van der Waals surface area contributed by atoms with E-state index < -0.39 is 5.97 Å². The summed E-state index contributed by atoms with van der Waals surface area (Å²) < 4.78 is 4.08. The number of aromatic carboxylic acids is 1. The molecular formula is C8H11N3O2S. The van der Waals surface area contributed by atoms with Crippen LogP contribution in [-0.2, 0) is 0 Å². The molecule has 1 aliphatic heterocycles. The lowest BCUT2D eigenvalue weighted by atomic mass is 10.2. The summed E-state index contributed by atoms with van der Waals surface area (Å²) in [5.74, 6) is -0.332. The Morgan fingerprint density at radius 2 is 2.50 bits per heavy atom. The van der Waals surface area contributed by atoms with Crippen molar-refractivity contribution in [1.29, 1.82) is 0 Å². The molecule has 0 aliphatic carbocycles. The Bertz CT molecular complexity index is 352. The third kappa shape index (κ3) is 1.62. The normalized spacial score (nSPS) is 22.8. The largest absolute Gasteiger partial charge is 0.476 e. The van der Waals surface area contributed by atoms with E-state index in [4.69, 9.17) is 5.11 Å². The molecule has 2 rings (SSSR count).